The van der Waals surface area contributed by atoms with Crippen LogP contribution in [0.5, 0.6) is 0 Å². The van der Waals surface area contributed by atoms with E-state index >= 15 is 0 Å². The van der Waals surface area contributed by atoms with Gasteiger partial charge in [-0.3, -0.25) is 0 Å². The highest BCUT2D eigenvalue weighted by molar-refractivity contribution is 9.10. The fourth-order valence-corrected chi connectivity index (χ4v) is 1.88. The van der Waals surface area contributed by atoms with E-state index in [0.717, 1.165) is 19.3 Å². The number of aryl methyl sites for hydroxylation is 1. The van der Waals surface area contributed by atoms with Crippen molar-refractivity contribution >= 4 is 21.9 Å². The van der Waals surface area contributed by atoms with Gasteiger partial charge < -0.3 is 10.1 Å². The van der Waals surface area contributed by atoms with Gasteiger partial charge in [-0.15, -0.1) is 0 Å². The number of unbranched alkanes of at least 4 members (excludes halogenated alkanes) is 3. The molecule has 0 spiro atoms. The molecule has 1 aromatic rings. The van der Waals surface area contributed by atoms with Crippen LogP contribution in [0.15, 0.2) is 4.73 Å². The van der Waals surface area contributed by atoms with E-state index in [1.807, 2.05) is 0 Å². The number of nitrogens with zero attached hydrogens (tertiary/aromatic N) is 1. The number of rotatable bonds is 6. The topological polar surface area (TPSA) is 66.0 Å². The number of carboxylic acid groups (broad SMARTS) is 1. The highest BCUT2D eigenvalue weighted by Gasteiger charge is 2.14. The minimum Gasteiger partial charge on any atom is -0.476 e. The normalized spacial score (nSPS) is 10.5. The van der Waals surface area contributed by atoms with Gasteiger partial charge in [-0.1, -0.05) is 26.2 Å². The van der Waals surface area contributed by atoms with Crippen LogP contribution in [0.1, 0.15) is 48.8 Å². The number of aromatic amines is 1. The van der Waals surface area contributed by atoms with E-state index in [1.165, 1.54) is 12.8 Å². The Morgan fingerprint density at radius 2 is 2.20 bits per heavy atom. The molecule has 0 aliphatic carbocycles. The van der Waals surface area contributed by atoms with Gasteiger partial charge in [0.2, 0.25) is 0 Å². The fraction of sp³-hybridized carbons (Fsp3) is 0.600. The third kappa shape index (κ3) is 3.66. The molecule has 84 valence electrons. The molecule has 0 aromatic carbocycles. The van der Waals surface area contributed by atoms with Gasteiger partial charge in [-0.05, 0) is 28.8 Å². The Balaban J connectivity index is 2.55. The smallest absolute Gasteiger partial charge is 0.356 e. The first-order valence-electron chi connectivity index (χ1n) is 5.12. The predicted octanol–water partition coefficient (Wildman–Crippen LogP) is 2.99. The number of aromatic carboxylic acids is 1. The van der Waals surface area contributed by atoms with Crippen molar-refractivity contribution in [2.45, 2.75) is 39.0 Å². The summed E-state index contributed by atoms with van der Waals surface area (Å²) < 4.78 is 0.491. The molecule has 0 fully saturated rings. The molecule has 5 heteroatoms. The molecule has 0 aliphatic heterocycles. The van der Waals surface area contributed by atoms with E-state index in [2.05, 4.69) is 32.8 Å². The second-order valence-corrected chi connectivity index (χ2v) is 4.22. The number of hydrogen-bond donors (Lipinski definition) is 2. The Morgan fingerprint density at radius 1 is 1.47 bits per heavy atom. The summed E-state index contributed by atoms with van der Waals surface area (Å²) in [5.41, 5.74) is 0.851. The minimum absolute atomic E-state index is 0.137. The van der Waals surface area contributed by atoms with Crippen LogP contribution in [-0.4, -0.2) is 21.0 Å². The van der Waals surface area contributed by atoms with Crippen LogP contribution in [0.2, 0.25) is 0 Å². The van der Waals surface area contributed by atoms with Gasteiger partial charge in [0.05, 0.1) is 5.69 Å². The Morgan fingerprint density at radius 3 is 2.80 bits per heavy atom. The predicted molar refractivity (Wildman–Crippen MR) is 61.1 cm³/mol. The lowest BCUT2D eigenvalue weighted by Crippen LogP contribution is -2.02. The van der Waals surface area contributed by atoms with E-state index in [9.17, 15) is 4.79 Å². The number of imidazole rings is 1. The molecular weight excluding hydrogens is 260 g/mol. The van der Waals surface area contributed by atoms with Crippen molar-refractivity contribution in [1.82, 2.24) is 9.97 Å². The largest absolute Gasteiger partial charge is 0.476 e. The second-order valence-electron chi connectivity index (χ2n) is 3.47. The van der Waals surface area contributed by atoms with Gasteiger partial charge in [-0.2, -0.15) is 0 Å². The molecule has 0 saturated heterocycles. The summed E-state index contributed by atoms with van der Waals surface area (Å²) in [5, 5.41) is 8.88. The van der Waals surface area contributed by atoms with Crippen LogP contribution in [-0.2, 0) is 6.42 Å². The molecule has 2 N–H and O–H groups in total. The molecule has 1 heterocycles. The zero-order chi connectivity index (χ0) is 11.3. The van der Waals surface area contributed by atoms with Crippen LogP contribution in [0, 0.1) is 0 Å². The van der Waals surface area contributed by atoms with Gasteiger partial charge in [0, 0.05) is 0 Å². The Kier molecular flexibility index (Phi) is 4.81. The highest BCUT2D eigenvalue weighted by Crippen LogP contribution is 2.14. The molecule has 1 rings (SSSR count). The number of carboxylic acids is 1. The summed E-state index contributed by atoms with van der Waals surface area (Å²) in [6.07, 6.45) is 5.26. The first-order chi connectivity index (χ1) is 7.15. The number of halogens is 1. The van der Waals surface area contributed by atoms with Crippen LogP contribution < -0.4 is 0 Å². The van der Waals surface area contributed by atoms with E-state index in [0.29, 0.717) is 10.4 Å². The monoisotopic (exact) mass is 274 g/mol. The highest BCUT2D eigenvalue weighted by atomic mass is 79.9. The maximum absolute atomic E-state index is 10.8. The van der Waals surface area contributed by atoms with Crippen LogP contribution in [0.25, 0.3) is 0 Å². The van der Waals surface area contributed by atoms with Crippen molar-refractivity contribution in [3.8, 4) is 0 Å². The molecule has 0 unspecified atom stereocenters. The fourth-order valence-electron chi connectivity index (χ4n) is 1.46. The molecule has 0 amide bonds. The van der Waals surface area contributed by atoms with Crippen molar-refractivity contribution in [3.63, 3.8) is 0 Å². The third-order valence-corrected chi connectivity index (χ3v) is 2.61. The first-order valence-corrected chi connectivity index (χ1v) is 5.92. The SMILES string of the molecule is CCCCCCc1[nH]c(Br)nc1C(=O)O. The Hall–Kier alpha value is -0.840. The van der Waals surface area contributed by atoms with E-state index in [1.54, 1.807) is 0 Å². The number of nitrogens with one attached hydrogen (secondary N) is 1. The molecule has 0 radical (unpaired) electrons. The van der Waals surface area contributed by atoms with Crippen LogP contribution in [0.3, 0.4) is 0 Å². The van der Waals surface area contributed by atoms with Crippen molar-refractivity contribution in [3.05, 3.63) is 16.1 Å². The molecule has 0 bridgehead atoms. The first kappa shape index (κ1) is 12.2. The summed E-state index contributed by atoms with van der Waals surface area (Å²) >= 11 is 3.14. The van der Waals surface area contributed by atoms with Crippen molar-refractivity contribution in [2.75, 3.05) is 0 Å². The zero-order valence-corrected chi connectivity index (χ0v) is 10.3. The lowest BCUT2D eigenvalue weighted by Gasteiger charge is -1.98. The Bertz CT molecular complexity index is 336. The lowest BCUT2D eigenvalue weighted by atomic mass is 10.1. The van der Waals surface area contributed by atoms with Gasteiger partial charge >= 0.3 is 5.97 Å². The maximum atomic E-state index is 10.8. The van der Waals surface area contributed by atoms with E-state index in [4.69, 9.17) is 5.11 Å². The van der Waals surface area contributed by atoms with Crippen LogP contribution in [0.4, 0.5) is 0 Å². The number of aromatic nitrogens is 2. The number of hydrogen-bond acceptors (Lipinski definition) is 2. The van der Waals surface area contributed by atoms with Crippen molar-refractivity contribution in [2.24, 2.45) is 0 Å². The average Bonchev–Trinajstić information content (AvgIpc) is 2.55. The molecule has 4 nitrogen and oxygen atoms in total. The zero-order valence-electron chi connectivity index (χ0n) is 8.72. The summed E-state index contributed by atoms with van der Waals surface area (Å²) in [7, 11) is 0. The van der Waals surface area contributed by atoms with E-state index < -0.39 is 5.97 Å². The summed E-state index contributed by atoms with van der Waals surface area (Å²) in [6, 6.07) is 0. The molecule has 1 aromatic heterocycles. The number of H-pyrrole nitrogens is 1. The summed E-state index contributed by atoms with van der Waals surface area (Å²) in [4.78, 5) is 17.6. The molecule has 0 saturated carbocycles. The standard InChI is InChI=1S/C10H15BrN2O2/c1-2-3-4-5-6-7-8(9(14)15)13-10(11)12-7/h2-6H2,1H3,(H,12,13)(H,14,15). The van der Waals surface area contributed by atoms with Gasteiger partial charge in [0.25, 0.3) is 0 Å². The van der Waals surface area contributed by atoms with E-state index in [-0.39, 0.29) is 5.69 Å². The minimum atomic E-state index is -0.970. The second kappa shape index (κ2) is 5.90. The average molecular weight is 275 g/mol. The van der Waals surface area contributed by atoms with Gasteiger partial charge in [-0.25, -0.2) is 9.78 Å². The maximum Gasteiger partial charge on any atom is 0.356 e. The molecule has 0 atom stereocenters. The molecule has 0 aliphatic rings. The van der Waals surface area contributed by atoms with Crippen molar-refractivity contribution in [1.29, 1.82) is 0 Å². The lowest BCUT2D eigenvalue weighted by molar-refractivity contribution is 0.0689. The third-order valence-electron chi connectivity index (χ3n) is 2.23. The molecule has 15 heavy (non-hydrogen) atoms. The molecular formula is C10H15BrN2O2. The quantitative estimate of drug-likeness (QED) is 0.784. The summed E-state index contributed by atoms with van der Waals surface area (Å²) in [6.45, 7) is 2.15. The Labute approximate surface area is 97.2 Å². The number of carbonyl (C=O) groups is 1. The summed E-state index contributed by atoms with van der Waals surface area (Å²) in [5.74, 6) is -0.970. The van der Waals surface area contributed by atoms with Crippen LogP contribution >= 0.6 is 15.9 Å². The van der Waals surface area contributed by atoms with Crippen molar-refractivity contribution < 1.29 is 9.90 Å². The van der Waals surface area contributed by atoms with Gasteiger partial charge in [0.15, 0.2) is 10.4 Å². The van der Waals surface area contributed by atoms with Gasteiger partial charge in [0.1, 0.15) is 0 Å².